The topological polar surface area (TPSA) is 12.0 Å². The van der Waals surface area contributed by atoms with Gasteiger partial charge in [-0.15, -0.1) is 0 Å². The summed E-state index contributed by atoms with van der Waals surface area (Å²) in [5.41, 5.74) is -0.546. The molecule has 0 spiro atoms. The van der Waals surface area contributed by atoms with Crippen LogP contribution in [0, 0.1) is 0 Å². The van der Waals surface area contributed by atoms with Gasteiger partial charge in [0, 0.05) is 16.6 Å². The van der Waals surface area contributed by atoms with E-state index in [0.717, 1.165) is 6.07 Å². The Morgan fingerprint density at radius 3 is 2.24 bits per heavy atom. The fourth-order valence-corrected chi connectivity index (χ4v) is 1.69. The van der Waals surface area contributed by atoms with Crippen LogP contribution in [0.25, 0.3) is 0 Å². The molecule has 1 aromatic rings. The number of benzene rings is 1. The molecule has 0 radical (unpaired) electrons. The van der Waals surface area contributed by atoms with Gasteiger partial charge in [0.05, 0.1) is 5.56 Å². The molecule has 0 fully saturated rings. The van der Waals surface area contributed by atoms with Crippen LogP contribution in [0.3, 0.4) is 0 Å². The van der Waals surface area contributed by atoms with E-state index in [-0.39, 0.29) is 17.6 Å². The van der Waals surface area contributed by atoms with E-state index < -0.39 is 11.7 Å². The van der Waals surface area contributed by atoms with Crippen molar-refractivity contribution in [1.29, 1.82) is 0 Å². The Balaban J connectivity index is 2.99. The molecule has 0 aromatic heterocycles. The monoisotopic (exact) mass is 309 g/mol. The lowest BCUT2D eigenvalue weighted by Gasteiger charge is -2.22. The van der Waals surface area contributed by atoms with Crippen LogP contribution in [0.1, 0.15) is 31.9 Å². The summed E-state index contributed by atoms with van der Waals surface area (Å²) in [6.45, 7) is 5.95. The van der Waals surface area contributed by atoms with Gasteiger partial charge in [-0.2, -0.15) is 13.2 Å². The Hall–Kier alpha value is -0.550. The number of halogens is 4. The number of rotatable bonds is 2. The first kappa shape index (κ1) is 14.5. The van der Waals surface area contributed by atoms with E-state index in [4.69, 9.17) is 0 Å². The third kappa shape index (κ3) is 4.68. The highest BCUT2D eigenvalue weighted by molar-refractivity contribution is 9.10. The maximum Gasteiger partial charge on any atom is 0.416 e. The minimum absolute atomic E-state index is 0.200. The zero-order chi connectivity index (χ0) is 13.3. The first-order valence-electron chi connectivity index (χ1n) is 5.20. The second-order valence-corrected chi connectivity index (χ2v) is 5.82. The van der Waals surface area contributed by atoms with Crippen molar-refractivity contribution in [2.24, 2.45) is 0 Å². The first-order valence-corrected chi connectivity index (χ1v) is 5.99. The summed E-state index contributed by atoms with van der Waals surface area (Å²) in [6.07, 6.45) is -4.32. The summed E-state index contributed by atoms with van der Waals surface area (Å²) < 4.78 is 38.8. The molecule has 0 aliphatic heterocycles. The lowest BCUT2D eigenvalue weighted by Crippen LogP contribution is -2.35. The molecule has 5 heteroatoms. The van der Waals surface area contributed by atoms with Crippen LogP contribution >= 0.6 is 15.9 Å². The molecule has 0 saturated heterocycles. The molecule has 96 valence electrons. The van der Waals surface area contributed by atoms with Crippen LogP contribution in [0.5, 0.6) is 0 Å². The second kappa shape index (κ2) is 4.98. The summed E-state index contributed by atoms with van der Waals surface area (Å²) in [5.74, 6) is 0. The summed E-state index contributed by atoms with van der Waals surface area (Å²) in [6, 6.07) is 4.22. The minimum Gasteiger partial charge on any atom is -0.308 e. The molecule has 0 bridgehead atoms. The zero-order valence-electron chi connectivity index (χ0n) is 9.95. The van der Waals surface area contributed by atoms with Crippen molar-refractivity contribution in [3.05, 3.63) is 33.8 Å². The molecular weight excluding hydrogens is 295 g/mol. The largest absolute Gasteiger partial charge is 0.416 e. The van der Waals surface area contributed by atoms with Crippen LogP contribution in [0.15, 0.2) is 22.7 Å². The molecule has 1 rings (SSSR count). The third-order valence-corrected chi connectivity index (χ3v) is 2.68. The van der Waals surface area contributed by atoms with Gasteiger partial charge in [0.15, 0.2) is 0 Å². The highest BCUT2D eigenvalue weighted by Gasteiger charge is 2.33. The summed E-state index contributed by atoms with van der Waals surface area (Å²) in [5, 5.41) is 3.05. The van der Waals surface area contributed by atoms with Gasteiger partial charge in [0.2, 0.25) is 0 Å². The highest BCUT2D eigenvalue weighted by atomic mass is 79.9. The van der Waals surface area contributed by atoms with Crippen LogP contribution in [0.4, 0.5) is 13.2 Å². The van der Waals surface area contributed by atoms with Gasteiger partial charge in [-0.25, -0.2) is 0 Å². The van der Waals surface area contributed by atoms with E-state index in [1.807, 2.05) is 20.8 Å². The number of nitrogens with one attached hydrogen (secondary N) is 1. The van der Waals surface area contributed by atoms with E-state index in [1.54, 1.807) is 6.07 Å². The van der Waals surface area contributed by atoms with E-state index in [1.165, 1.54) is 6.07 Å². The Morgan fingerprint density at radius 2 is 1.76 bits per heavy atom. The molecule has 0 aliphatic carbocycles. The maximum absolute atomic E-state index is 12.8. The van der Waals surface area contributed by atoms with Crippen LogP contribution in [-0.4, -0.2) is 5.54 Å². The van der Waals surface area contributed by atoms with Crippen molar-refractivity contribution in [3.63, 3.8) is 0 Å². The van der Waals surface area contributed by atoms with Crippen LogP contribution in [0.2, 0.25) is 0 Å². The Morgan fingerprint density at radius 1 is 1.18 bits per heavy atom. The fourth-order valence-electron chi connectivity index (χ4n) is 1.33. The van der Waals surface area contributed by atoms with Crippen molar-refractivity contribution in [1.82, 2.24) is 5.32 Å². The van der Waals surface area contributed by atoms with Gasteiger partial charge >= 0.3 is 6.18 Å². The Labute approximate surface area is 108 Å². The molecular formula is C12H15BrF3N. The average molecular weight is 310 g/mol. The smallest absolute Gasteiger partial charge is 0.308 e. The van der Waals surface area contributed by atoms with Crippen LogP contribution in [-0.2, 0) is 12.7 Å². The SMILES string of the molecule is CC(C)(C)NCc1ccc(Br)cc1C(F)(F)F. The van der Waals surface area contributed by atoms with E-state index >= 15 is 0 Å². The number of hydrogen-bond donors (Lipinski definition) is 1. The first-order chi connectivity index (χ1) is 7.59. The lowest BCUT2D eigenvalue weighted by molar-refractivity contribution is -0.138. The zero-order valence-corrected chi connectivity index (χ0v) is 11.5. The van der Waals surface area contributed by atoms with E-state index in [0.29, 0.717) is 4.47 Å². The molecule has 1 nitrogen and oxygen atoms in total. The standard InChI is InChI=1S/C12H15BrF3N/c1-11(2,3)17-7-8-4-5-9(13)6-10(8)12(14,15)16/h4-6,17H,7H2,1-3H3. The van der Waals surface area contributed by atoms with Crippen molar-refractivity contribution in [2.45, 2.75) is 39.0 Å². The van der Waals surface area contributed by atoms with Crippen molar-refractivity contribution in [2.75, 3.05) is 0 Å². The molecule has 17 heavy (non-hydrogen) atoms. The fraction of sp³-hybridized carbons (Fsp3) is 0.500. The Bertz CT molecular complexity index is 394. The average Bonchev–Trinajstić information content (AvgIpc) is 2.13. The molecule has 0 heterocycles. The van der Waals surface area contributed by atoms with Crippen molar-refractivity contribution < 1.29 is 13.2 Å². The van der Waals surface area contributed by atoms with Gasteiger partial charge in [-0.1, -0.05) is 22.0 Å². The predicted octanol–water partition coefficient (Wildman–Crippen LogP) is 4.36. The van der Waals surface area contributed by atoms with Gasteiger partial charge in [0.25, 0.3) is 0 Å². The highest BCUT2D eigenvalue weighted by Crippen LogP contribution is 2.33. The van der Waals surface area contributed by atoms with Gasteiger partial charge < -0.3 is 5.32 Å². The molecule has 0 atom stereocenters. The lowest BCUT2D eigenvalue weighted by atomic mass is 10.0. The van der Waals surface area contributed by atoms with Crippen molar-refractivity contribution >= 4 is 15.9 Å². The van der Waals surface area contributed by atoms with E-state index in [9.17, 15) is 13.2 Å². The maximum atomic E-state index is 12.8. The Kier molecular flexibility index (Phi) is 4.25. The summed E-state index contributed by atoms with van der Waals surface area (Å²) in [7, 11) is 0. The number of alkyl halides is 3. The second-order valence-electron chi connectivity index (χ2n) is 4.90. The minimum atomic E-state index is -4.32. The molecule has 0 amide bonds. The van der Waals surface area contributed by atoms with Gasteiger partial charge in [-0.05, 0) is 38.5 Å². The molecule has 1 aromatic carbocycles. The molecule has 0 saturated carbocycles. The third-order valence-electron chi connectivity index (χ3n) is 2.19. The molecule has 0 aliphatic rings. The summed E-state index contributed by atoms with van der Waals surface area (Å²) in [4.78, 5) is 0. The number of hydrogen-bond acceptors (Lipinski definition) is 1. The van der Waals surface area contributed by atoms with Crippen molar-refractivity contribution in [3.8, 4) is 0 Å². The van der Waals surface area contributed by atoms with Crippen LogP contribution < -0.4 is 5.32 Å². The molecule has 1 N–H and O–H groups in total. The quantitative estimate of drug-likeness (QED) is 0.856. The van der Waals surface area contributed by atoms with Gasteiger partial charge in [-0.3, -0.25) is 0 Å². The normalized spacial score (nSPS) is 12.9. The molecule has 0 unspecified atom stereocenters. The predicted molar refractivity (Wildman–Crippen MR) is 65.7 cm³/mol. The van der Waals surface area contributed by atoms with E-state index in [2.05, 4.69) is 21.2 Å². The summed E-state index contributed by atoms with van der Waals surface area (Å²) >= 11 is 3.06. The van der Waals surface area contributed by atoms with Gasteiger partial charge in [0.1, 0.15) is 0 Å².